The van der Waals surface area contributed by atoms with Crippen molar-refractivity contribution in [1.82, 2.24) is 5.32 Å². The van der Waals surface area contributed by atoms with Gasteiger partial charge < -0.3 is 15.2 Å². The average molecular weight is 289 g/mol. The summed E-state index contributed by atoms with van der Waals surface area (Å²) < 4.78 is 5.55. The van der Waals surface area contributed by atoms with Crippen LogP contribution in [0.5, 0.6) is 0 Å². The number of nitrogens with one attached hydrogen (secondary N) is 1. The van der Waals surface area contributed by atoms with E-state index in [9.17, 15) is 9.59 Å². The maximum atomic E-state index is 11.7. The number of carboxylic acids is 1. The molecule has 6 heteroatoms. The van der Waals surface area contributed by atoms with Gasteiger partial charge in [-0.15, -0.1) is 0 Å². The second-order valence-corrected chi connectivity index (χ2v) is 5.75. The van der Waals surface area contributed by atoms with Crippen LogP contribution >= 0.6 is 11.8 Å². The fourth-order valence-electron chi connectivity index (χ4n) is 2.09. The first-order valence-corrected chi connectivity index (χ1v) is 8.15. The summed E-state index contributed by atoms with van der Waals surface area (Å²) in [5.41, 5.74) is 0. The molecule has 0 aromatic heterocycles. The molecule has 0 saturated carbocycles. The molecule has 19 heavy (non-hydrogen) atoms. The molecule has 0 aromatic rings. The highest BCUT2D eigenvalue weighted by molar-refractivity contribution is 7.98. The monoisotopic (exact) mass is 289 g/mol. The third kappa shape index (κ3) is 6.82. The summed E-state index contributed by atoms with van der Waals surface area (Å²) >= 11 is 1.58. The summed E-state index contributed by atoms with van der Waals surface area (Å²) in [6.07, 6.45) is 6.81. The number of hydrogen-bond donors (Lipinski definition) is 2. The van der Waals surface area contributed by atoms with Gasteiger partial charge in [0, 0.05) is 13.0 Å². The van der Waals surface area contributed by atoms with Crippen LogP contribution in [0.3, 0.4) is 0 Å². The van der Waals surface area contributed by atoms with E-state index in [0.29, 0.717) is 19.3 Å². The molecular formula is C13H23NO4S. The van der Waals surface area contributed by atoms with Crippen molar-refractivity contribution in [2.24, 2.45) is 0 Å². The van der Waals surface area contributed by atoms with Crippen molar-refractivity contribution in [2.75, 3.05) is 18.6 Å². The van der Waals surface area contributed by atoms with Gasteiger partial charge in [-0.2, -0.15) is 11.8 Å². The molecule has 0 bridgehead atoms. The number of aliphatic carboxylic acids is 1. The molecule has 0 spiro atoms. The molecular weight excluding hydrogens is 266 g/mol. The number of ether oxygens (including phenoxy) is 1. The van der Waals surface area contributed by atoms with Crippen LogP contribution in [0.25, 0.3) is 0 Å². The van der Waals surface area contributed by atoms with Crippen molar-refractivity contribution >= 4 is 23.6 Å². The maximum absolute atomic E-state index is 11.7. The first-order valence-electron chi connectivity index (χ1n) is 6.76. The van der Waals surface area contributed by atoms with E-state index < -0.39 is 12.0 Å². The summed E-state index contributed by atoms with van der Waals surface area (Å²) in [5, 5.41) is 11.6. The lowest BCUT2D eigenvalue weighted by Crippen LogP contribution is -2.41. The summed E-state index contributed by atoms with van der Waals surface area (Å²) in [5.74, 6) is -0.429. The standard InChI is InChI=1S/C13H23NO4S/c1-19-9-7-11(13(16)17)14-12(15)6-5-10-4-2-3-8-18-10/h10-11H,2-9H2,1H3,(H,14,15)(H,16,17)/t10?,11-/m1/s1. The van der Waals surface area contributed by atoms with Crippen LogP contribution in [0.4, 0.5) is 0 Å². The van der Waals surface area contributed by atoms with E-state index in [1.807, 2.05) is 6.26 Å². The molecule has 2 atom stereocenters. The average Bonchev–Trinajstić information content (AvgIpc) is 2.42. The van der Waals surface area contributed by atoms with Crippen LogP contribution in [0.1, 0.15) is 38.5 Å². The molecule has 0 radical (unpaired) electrons. The first-order chi connectivity index (χ1) is 9.13. The highest BCUT2D eigenvalue weighted by atomic mass is 32.2. The second kappa shape index (κ2) is 9.20. The van der Waals surface area contributed by atoms with E-state index in [4.69, 9.17) is 9.84 Å². The molecule has 2 N–H and O–H groups in total. The highest BCUT2D eigenvalue weighted by Crippen LogP contribution is 2.16. The topological polar surface area (TPSA) is 75.6 Å². The van der Waals surface area contributed by atoms with Crippen molar-refractivity contribution in [1.29, 1.82) is 0 Å². The molecule has 1 saturated heterocycles. The third-order valence-corrected chi connectivity index (χ3v) is 3.86. The second-order valence-electron chi connectivity index (χ2n) is 4.77. The lowest BCUT2D eigenvalue weighted by Gasteiger charge is -2.22. The summed E-state index contributed by atoms with van der Waals surface area (Å²) in [6.45, 7) is 0.776. The van der Waals surface area contributed by atoms with Crippen molar-refractivity contribution in [3.63, 3.8) is 0 Å². The molecule has 1 rings (SSSR count). The van der Waals surface area contributed by atoms with Gasteiger partial charge in [0.15, 0.2) is 0 Å². The molecule has 1 unspecified atom stereocenters. The van der Waals surface area contributed by atoms with Crippen LogP contribution in [0.15, 0.2) is 0 Å². The third-order valence-electron chi connectivity index (χ3n) is 3.21. The molecule has 1 aliphatic rings. The minimum absolute atomic E-state index is 0.161. The van der Waals surface area contributed by atoms with Crippen molar-refractivity contribution in [2.45, 2.75) is 50.7 Å². The quantitative estimate of drug-likeness (QED) is 0.711. The first kappa shape index (κ1) is 16.3. The normalized spacial score (nSPS) is 20.8. The summed E-state index contributed by atoms with van der Waals surface area (Å²) in [7, 11) is 0. The Morgan fingerprint density at radius 1 is 1.47 bits per heavy atom. The number of carboxylic acid groups (broad SMARTS) is 1. The summed E-state index contributed by atoms with van der Waals surface area (Å²) in [6, 6.07) is -0.771. The lowest BCUT2D eigenvalue weighted by molar-refractivity contribution is -0.142. The SMILES string of the molecule is CSCC[C@@H](NC(=O)CCC1CCCCO1)C(=O)O. The van der Waals surface area contributed by atoms with Gasteiger partial charge in [0.25, 0.3) is 0 Å². The van der Waals surface area contributed by atoms with Crippen molar-refractivity contribution in [3.05, 3.63) is 0 Å². The Bertz CT molecular complexity index is 292. The van der Waals surface area contributed by atoms with Crippen LogP contribution in [0.2, 0.25) is 0 Å². The molecule has 1 fully saturated rings. The Balaban J connectivity index is 2.25. The van der Waals surface area contributed by atoms with Crippen LogP contribution in [-0.4, -0.2) is 47.7 Å². The Morgan fingerprint density at radius 2 is 2.26 bits per heavy atom. The van der Waals surface area contributed by atoms with E-state index in [2.05, 4.69) is 5.32 Å². The predicted molar refractivity (Wildman–Crippen MR) is 75.4 cm³/mol. The number of carbonyl (C=O) groups excluding carboxylic acids is 1. The largest absolute Gasteiger partial charge is 0.480 e. The van der Waals surface area contributed by atoms with Gasteiger partial charge in [-0.25, -0.2) is 4.79 Å². The van der Waals surface area contributed by atoms with E-state index in [0.717, 1.165) is 31.6 Å². The molecule has 1 aliphatic heterocycles. The Kier molecular flexibility index (Phi) is 7.90. The van der Waals surface area contributed by atoms with Gasteiger partial charge in [-0.3, -0.25) is 4.79 Å². The number of rotatable bonds is 8. The van der Waals surface area contributed by atoms with Crippen LogP contribution in [0, 0.1) is 0 Å². The molecule has 110 valence electrons. The van der Waals surface area contributed by atoms with Gasteiger partial charge >= 0.3 is 5.97 Å². The molecule has 0 aromatic carbocycles. The van der Waals surface area contributed by atoms with Gasteiger partial charge in [-0.1, -0.05) is 0 Å². The molecule has 0 aliphatic carbocycles. The highest BCUT2D eigenvalue weighted by Gasteiger charge is 2.20. The minimum Gasteiger partial charge on any atom is -0.480 e. The van der Waals surface area contributed by atoms with Crippen LogP contribution in [-0.2, 0) is 14.3 Å². The molecule has 1 heterocycles. The zero-order valence-corrected chi connectivity index (χ0v) is 12.2. The number of carbonyl (C=O) groups is 2. The Hall–Kier alpha value is -0.750. The van der Waals surface area contributed by atoms with E-state index in [1.165, 1.54) is 0 Å². The zero-order valence-electron chi connectivity index (χ0n) is 11.4. The van der Waals surface area contributed by atoms with Gasteiger partial charge in [0.05, 0.1) is 6.10 Å². The fraction of sp³-hybridized carbons (Fsp3) is 0.846. The maximum Gasteiger partial charge on any atom is 0.326 e. The van der Waals surface area contributed by atoms with Crippen molar-refractivity contribution < 1.29 is 19.4 Å². The zero-order chi connectivity index (χ0) is 14.1. The van der Waals surface area contributed by atoms with Gasteiger partial charge in [0.2, 0.25) is 5.91 Å². The van der Waals surface area contributed by atoms with Gasteiger partial charge in [-0.05, 0) is 44.1 Å². The number of thioether (sulfide) groups is 1. The fourth-order valence-corrected chi connectivity index (χ4v) is 2.56. The Morgan fingerprint density at radius 3 is 2.84 bits per heavy atom. The predicted octanol–water partition coefficient (Wildman–Crippen LogP) is 1.66. The van der Waals surface area contributed by atoms with E-state index in [-0.39, 0.29) is 12.0 Å². The van der Waals surface area contributed by atoms with Gasteiger partial charge in [0.1, 0.15) is 6.04 Å². The minimum atomic E-state index is -0.962. The van der Waals surface area contributed by atoms with Crippen LogP contribution < -0.4 is 5.32 Å². The number of amides is 1. The lowest BCUT2D eigenvalue weighted by atomic mass is 10.0. The Labute approximate surface area is 118 Å². The smallest absolute Gasteiger partial charge is 0.326 e. The van der Waals surface area contributed by atoms with E-state index in [1.54, 1.807) is 11.8 Å². The summed E-state index contributed by atoms with van der Waals surface area (Å²) in [4.78, 5) is 22.7. The van der Waals surface area contributed by atoms with E-state index >= 15 is 0 Å². The molecule has 5 nitrogen and oxygen atoms in total. The van der Waals surface area contributed by atoms with Crippen molar-refractivity contribution in [3.8, 4) is 0 Å². The number of hydrogen-bond acceptors (Lipinski definition) is 4. The molecule has 1 amide bonds.